The maximum Gasteiger partial charge on any atom is 0.146 e. The van der Waals surface area contributed by atoms with E-state index < -0.39 is 0 Å². The molecule has 1 aliphatic heterocycles. The zero-order valence-corrected chi connectivity index (χ0v) is 9.90. The van der Waals surface area contributed by atoms with Gasteiger partial charge >= 0.3 is 0 Å². The minimum absolute atomic E-state index is 0.0435. The maximum atomic E-state index is 14.0. The zero-order valence-electron chi connectivity index (χ0n) is 9.90. The van der Waals surface area contributed by atoms with E-state index in [1.165, 1.54) is 6.07 Å². The van der Waals surface area contributed by atoms with Gasteiger partial charge in [-0.25, -0.2) is 4.39 Å². The summed E-state index contributed by atoms with van der Waals surface area (Å²) >= 11 is 0. The average molecular weight is 238 g/mol. The Morgan fingerprint density at radius 1 is 1.41 bits per heavy atom. The van der Waals surface area contributed by atoms with E-state index in [9.17, 15) is 9.50 Å². The van der Waals surface area contributed by atoms with Crippen molar-refractivity contribution in [1.82, 2.24) is 0 Å². The van der Waals surface area contributed by atoms with Gasteiger partial charge in [-0.1, -0.05) is 6.07 Å². The van der Waals surface area contributed by atoms with Crippen LogP contribution in [0.25, 0.3) is 0 Å². The lowest BCUT2D eigenvalue weighted by Crippen LogP contribution is -2.42. The molecule has 0 amide bonds. The third-order valence-electron chi connectivity index (χ3n) is 3.40. The van der Waals surface area contributed by atoms with Crippen molar-refractivity contribution in [2.24, 2.45) is 5.73 Å². The summed E-state index contributed by atoms with van der Waals surface area (Å²) in [5.74, 6) is -0.242. The Bertz CT molecular complexity index is 384. The van der Waals surface area contributed by atoms with E-state index in [1.807, 2.05) is 11.0 Å². The number of piperidine rings is 1. The molecule has 0 aromatic heterocycles. The third-order valence-corrected chi connectivity index (χ3v) is 3.40. The van der Waals surface area contributed by atoms with Crippen molar-refractivity contribution in [3.63, 3.8) is 0 Å². The second-order valence-electron chi connectivity index (χ2n) is 4.52. The molecule has 0 spiro atoms. The molecule has 3 nitrogen and oxygen atoms in total. The van der Waals surface area contributed by atoms with Crippen molar-refractivity contribution in [1.29, 1.82) is 0 Å². The molecule has 1 aromatic rings. The highest BCUT2D eigenvalue weighted by Crippen LogP contribution is 2.27. The van der Waals surface area contributed by atoms with Gasteiger partial charge < -0.3 is 15.7 Å². The molecule has 0 aliphatic carbocycles. The summed E-state index contributed by atoms with van der Waals surface area (Å²) in [6, 6.07) is 5.15. The molecule has 1 unspecified atom stereocenters. The molecule has 1 heterocycles. The second kappa shape index (κ2) is 5.47. The Morgan fingerprint density at radius 2 is 2.24 bits per heavy atom. The van der Waals surface area contributed by atoms with Gasteiger partial charge in [-0.2, -0.15) is 0 Å². The Kier molecular flexibility index (Phi) is 3.97. The number of hydrogen-bond acceptors (Lipinski definition) is 3. The quantitative estimate of drug-likeness (QED) is 0.841. The van der Waals surface area contributed by atoms with Crippen molar-refractivity contribution in [2.45, 2.75) is 31.8 Å². The van der Waals surface area contributed by atoms with Gasteiger partial charge in [-0.15, -0.1) is 0 Å². The molecule has 0 radical (unpaired) electrons. The third kappa shape index (κ3) is 2.58. The summed E-state index contributed by atoms with van der Waals surface area (Å²) in [7, 11) is 0. The van der Waals surface area contributed by atoms with Crippen LogP contribution in [0, 0.1) is 5.82 Å². The number of aliphatic hydroxyl groups is 1. The SMILES string of the molecule is NCc1ccc(N2CCCCC2CO)c(F)c1. The van der Waals surface area contributed by atoms with Crippen molar-refractivity contribution < 1.29 is 9.50 Å². The molecular formula is C13H19FN2O. The highest BCUT2D eigenvalue weighted by atomic mass is 19.1. The summed E-state index contributed by atoms with van der Waals surface area (Å²) < 4.78 is 14.0. The van der Waals surface area contributed by atoms with Crippen molar-refractivity contribution in [2.75, 3.05) is 18.1 Å². The van der Waals surface area contributed by atoms with Crippen LogP contribution in [0.2, 0.25) is 0 Å². The van der Waals surface area contributed by atoms with E-state index in [-0.39, 0.29) is 18.5 Å². The Hall–Kier alpha value is -1.13. The van der Waals surface area contributed by atoms with Gasteiger partial charge in [0, 0.05) is 13.1 Å². The lowest BCUT2D eigenvalue weighted by atomic mass is 10.0. The number of benzene rings is 1. The maximum absolute atomic E-state index is 14.0. The first-order valence-corrected chi connectivity index (χ1v) is 6.12. The fourth-order valence-corrected chi connectivity index (χ4v) is 2.42. The van der Waals surface area contributed by atoms with Crippen molar-refractivity contribution in [3.8, 4) is 0 Å². The molecule has 1 aromatic carbocycles. The van der Waals surface area contributed by atoms with Gasteiger partial charge in [0.05, 0.1) is 18.3 Å². The predicted molar refractivity (Wildman–Crippen MR) is 66.4 cm³/mol. The molecule has 94 valence electrons. The molecule has 3 N–H and O–H groups in total. The number of nitrogens with two attached hydrogens (primary N) is 1. The Morgan fingerprint density at radius 3 is 2.88 bits per heavy atom. The van der Waals surface area contributed by atoms with Gasteiger partial charge in [0.25, 0.3) is 0 Å². The standard InChI is InChI=1S/C13H19FN2O/c14-12-7-10(8-15)4-5-13(12)16-6-2-1-3-11(16)9-17/h4-5,7,11,17H,1-3,6,8-9,15H2. The van der Waals surface area contributed by atoms with E-state index in [0.717, 1.165) is 31.4 Å². The highest BCUT2D eigenvalue weighted by molar-refractivity contribution is 5.50. The summed E-state index contributed by atoms with van der Waals surface area (Å²) in [6.45, 7) is 1.24. The van der Waals surface area contributed by atoms with Crippen LogP contribution in [0.4, 0.5) is 10.1 Å². The molecule has 0 bridgehead atoms. The van der Waals surface area contributed by atoms with Crippen LogP contribution < -0.4 is 10.6 Å². The van der Waals surface area contributed by atoms with E-state index in [4.69, 9.17) is 5.73 Å². The largest absolute Gasteiger partial charge is 0.394 e. The second-order valence-corrected chi connectivity index (χ2v) is 4.52. The van der Waals surface area contributed by atoms with Crippen molar-refractivity contribution in [3.05, 3.63) is 29.6 Å². The van der Waals surface area contributed by atoms with Gasteiger partial charge in [0.2, 0.25) is 0 Å². The van der Waals surface area contributed by atoms with Gasteiger partial charge in [0.1, 0.15) is 5.82 Å². The zero-order chi connectivity index (χ0) is 12.3. The van der Waals surface area contributed by atoms with Gasteiger partial charge in [0.15, 0.2) is 0 Å². The highest BCUT2D eigenvalue weighted by Gasteiger charge is 2.23. The lowest BCUT2D eigenvalue weighted by Gasteiger charge is -2.36. The predicted octanol–water partition coefficient (Wildman–Crippen LogP) is 1.64. The number of anilines is 1. The van der Waals surface area contributed by atoms with Gasteiger partial charge in [-0.3, -0.25) is 0 Å². The molecule has 0 saturated carbocycles. The minimum atomic E-state index is -0.242. The first-order chi connectivity index (χ1) is 8.26. The van der Waals surface area contributed by atoms with Crippen molar-refractivity contribution >= 4 is 5.69 Å². The van der Waals surface area contributed by atoms with Crippen LogP contribution in [0.15, 0.2) is 18.2 Å². The van der Waals surface area contributed by atoms with Crippen LogP contribution in [-0.4, -0.2) is 24.3 Å². The molecule has 1 saturated heterocycles. The number of nitrogens with zero attached hydrogens (tertiary/aromatic N) is 1. The molecule has 17 heavy (non-hydrogen) atoms. The van der Waals surface area contributed by atoms with Crippen LogP contribution in [0.3, 0.4) is 0 Å². The Balaban J connectivity index is 2.25. The molecule has 1 atom stereocenters. The molecular weight excluding hydrogens is 219 g/mol. The number of hydrogen-bond donors (Lipinski definition) is 2. The van der Waals surface area contributed by atoms with Crippen LogP contribution in [-0.2, 0) is 6.54 Å². The van der Waals surface area contributed by atoms with E-state index in [1.54, 1.807) is 6.07 Å². The van der Waals surface area contributed by atoms with Gasteiger partial charge in [-0.05, 0) is 37.0 Å². The van der Waals surface area contributed by atoms with E-state index in [0.29, 0.717) is 12.2 Å². The summed E-state index contributed by atoms with van der Waals surface area (Å²) in [5.41, 5.74) is 6.86. The molecule has 1 fully saturated rings. The first-order valence-electron chi connectivity index (χ1n) is 6.12. The normalized spacial score (nSPS) is 20.6. The average Bonchev–Trinajstić information content (AvgIpc) is 2.38. The summed E-state index contributed by atoms with van der Waals surface area (Å²) in [4.78, 5) is 1.97. The smallest absolute Gasteiger partial charge is 0.146 e. The van der Waals surface area contributed by atoms with Crippen LogP contribution in [0.5, 0.6) is 0 Å². The summed E-state index contributed by atoms with van der Waals surface area (Å²) in [6.07, 6.45) is 3.08. The first kappa shape index (κ1) is 12.3. The number of rotatable bonds is 3. The van der Waals surface area contributed by atoms with Crippen LogP contribution >= 0.6 is 0 Å². The van der Waals surface area contributed by atoms with E-state index >= 15 is 0 Å². The topological polar surface area (TPSA) is 49.5 Å². The van der Waals surface area contributed by atoms with Crippen LogP contribution in [0.1, 0.15) is 24.8 Å². The lowest BCUT2D eigenvalue weighted by molar-refractivity contribution is 0.239. The molecule has 4 heteroatoms. The fourth-order valence-electron chi connectivity index (χ4n) is 2.42. The Labute approximate surface area is 101 Å². The number of halogens is 1. The minimum Gasteiger partial charge on any atom is -0.394 e. The number of aliphatic hydroxyl groups excluding tert-OH is 1. The molecule has 2 rings (SSSR count). The fraction of sp³-hybridized carbons (Fsp3) is 0.538. The summed E-state index contributed by atoms with van der Waals surface area (Å²) in [5, 5.41) is 9.33. The van der Waals surface area contributed by atoms with E-state index in [2.05, 4.69) is 0 Å². The molecule has 1 aliphatic rings. The monoisotopic (exact) mass is 238 g/mol.